The number of halogens is 1. The van der Waals surface area contributed by atoms with Gasteiger partial charge in [0.05, 0.1) is 5.69 Å². The number of urea groups is 1. The monoisotopic (exact) mass is 289 g/mol. The fourth-order valence-electron chi connectivity index (χ4n) is 2.43. The first-order chi connectivity index (χ1) is 9.75. The molecule has 0 atom stereocenters. The summed E-state index contributed by atoms with van der Waals surface area (Å²) < 4.78 is 0. The van der Waals surface area contributed by atoms with Gasteiger partial charge in [0, 0.05) is 42.0 Å². The first kappa shape index (κ1) is 13.2. The Balaban J connectivity index is 1.87. The topological polar surface area (TPSA) is 44.4 Å². The summed E-state index contributed by atoms with van der Waals surface area (Å²) in [7, 11) is 0. The van der Waals surface area contributed by atoms with Crippen LogP contribution in [0, 0.1) is 0 Å². The molecule has 4 nitrogen and oxygen atoms in total. The molecule has 2 aromatic carbocycles. The Morgan fingerprint density at radius 1 is 1.10 bits per heavy atom. The molecule has 0 radical (unpaired) electrons. The molecule has 1 fully saturated rings. The van der Waals surface area contributed by atoms with Crippen molar-refractivity contribution in [3.8, 4) is 0 Å². The van der Waals surface area contributed by atoms with Gasteiger partial charge in [-0.15, -0.1) is 0 Å². The Hall–Kier alpha value is -1.78. The molecule has 0 saturated carbocycles. The van der Waals surface area contributed by atoms with Crippen LogP contribution in [-0.4, -0.2) is 37.1 Å². The Labute approximate surface area is 122 Å². The highest BCUT2D eigenvalue weighted by Gasteiger charge is 2.17. The number of hydrogen-bond acceptors (Lipinski definition) is 2. The van der Waals surface area contributed by atoms with Crippen molar-refractivity contribution in [2.24, 2.45) is 0 Å². The molecule has 0 bridgehead atoms. The highest BCUT2D eigenvalue weighted by atomic mass is 35.5. The molecule has 1 aliphatic heterocycles. The second-order valence-electron chi connectivity index (χ2n) is 4.81. The summed E-state index contributed by atoms with van der Waals surface area (Å²) in [5.74, 6) is 0. The molecule has 0 unspecified atom stereocenters. The molecule has 0 aromatic heterocycles. The minimum absolute atomic E-state index is 0.0565. The van der Waals surface area contributed by atoms with Crippen LogP contribution in [0.1, 0.15) is 0 Å². The third kappa shape index (κ3) is 2.57. The van der Waals surface area contributed by atoms with E-state index in [1.807, 2.05) is 41.3 Å². The lowest BCUT2D eigenvalue weighted by atomic mass is 10.1. The van der Waals surface area contributed by atoms with Gasteiger partial charge in [-0.25, -0.2) is 4.79 Å². The minimum Gasteiger partial charge on any atom is -0.322 e. The molecule has 5 heteroatoms. The van der Waals surface area contributed by atoms with Crippen molar-refractivity contribution in [2.45, 2.75) is 0 Å². The summed E-state index contributed by atoms with van der Waals surface area (Å²) in [4.78, 5) is 14.1. The van der Waals surface area contributed by atoms with Gasteiger partial charge in [0.2, 0.25) is 0 Å². The smallest absolute Gasteiger partial charge is 0.321 e. The van der Waals surface area contributed by atoms with Crippen LogP contribution in [0.2, 0.25) is 5.02 Å². The van der Waals surface area contributed by atoms with Crippen molar-refractivity contribution >= 4 is 34.1 Å². The lowest BCUT2D eigenvalue weighted by Crippen LogP contribution is -2.48. The molecule has 1 saturated heterocycles. The summed E-state index contributed by atoms with van der Waals surface area (Å²) in [6.45, 7) is 3.15. The Morgan fingerprint density at radius 3 is 2.55 bits per heavy atom. The maximum Gasteiger partial charge on any atom is 0.321 e. The molecule has 2 amide bonds. The molecule has 1 aliphatic rings. The maximum absolute atomic E-state index is 12.3. The number of benzene rings is 2. The number of amides is 2. The molecule has 3 rings (SSSR count). The number of nitrogens with zero attached hydrogens (tertiary/aromatic N) is 1. The van der Waals surface area contributed by atoms with Crippen LogP contribution < -0.4 is 10.6 Å². The SMILES string of the molecule is O=C(Nc1ccc(Cl)c2ccccc12)N1CCNCC1. The van der Waals surface area contributed by atoms with Crippen molar-refractivity contribution in [1.29, 1.82) is 0 Å². The summed E-state index contributed by atoms with van der Waals surface area (Å²) >= 11 is 6.18. The number of carbonyl (C=O) groups is 1. The molecular weight excluding hydrogens is 274 g/mol. The average molecular weight is 290 g/mol. The van der Waals surface area contributed by atoms with Crippen molar-refractivity contribution in [1.82, 2.24) is 10.2 Å². The van der Waals surface area contributed by atoms with E-state index in [0.717, 1.165) is 42.6 Å². The van der Waals surface area contributed by atoms with Crippen molar-refractivity contribution in [3.63, 3.8) is 0 Å². The number of hydrogen-bond donors (Lipinski definition) is 2. The first-order valence-corrected chi connectivity index (χ1v) is 7.07. The Morgan fingerprint density at radius 2 is 1.80 bits per heavy atom. The van der Waals surface area contributed by atoms with Gasteiger partial charge in [-0.1, -0.05) is 35.9 Å². The largest absolute Gasteiger partial charge is 0.322 e. The van der Waals surface area contributed by atoms with Gasteiger partial charge < -0.3 is 15.5 Å². The third-order valence-corrected chi connectivity index (χ3v) is 3.85. The van der Waals surface area contributed by atoms with Crippen molar-refractivity contribution < 1.29 is 4.79 Å². The molecule has 104 valence electrons. The minimum atomic E-state index is -0.0565. The van der Waals surface area contributed by atoms with Gasteiger partial charge in [-0.3, -0.25) is 0 Å². The van der Waals surface area contributed by atoms with E-state index >= 15 is 0 Å². The van der Waals surface area contributed by atoms with Crippen LogP contribution in [-0.2, 0) is 0 Å². The van der Waals surface area contributed by atoms with E-state index in [1.54, 1.807) is 0 Å². The number of fused-ring (bicyclic) bond motifs is 1. The number of carbonyl (C=O) groups excluding carboxylic acids is 1. The fraction of sp³-hybridized carbons (Fsp3) is 0.267. The number of piperazine rings is 1. The zero-order valence-corrected chi connectivity index (χ0v) is 11.8. The van der Waals surface area contributed by atoms with Gasteiger partial charge in [0.15, 0.2) is 0 Å². The molecule has 20 heavy (non-hydrogen) atoms. The molecule has 1 heterocycles. The zero-order valence-electron chi connectivity index (χ0n) is 11.0. The second-order valence-corrected chi connectivity index (χ2v) is 5.21. The lowest BCUT2D eigenvalue weighted by Gasteiger charge is -2.27. The van der Waals surface area contributed by atoms with Gasteiger partial charge in [0.1, 0.15) is 0 Å². The number of anilines is 1. The molecule has 2 aromatic rings. The van der Waals surface area contributed by atoms with Gasteiger partial charge in [0.25, 0.3) is 0 Å². The van der Waals surface area contributed by atoms with Crippen LogP contribution >= 0.6 is 11.6 Å². The van der Waals surface area contributed by atoms with E-state index in [-0.39, 0.29) is 6.03 Å². The predicted octanol–water partition coefficient (Wildman–Crippen LogP) is 2.93. The quantitative estimate of drug-likeness (QED) is 0.848. The van der Waals surface area contributed by atoms with Crippen molar-refractivity contribution in [3.05, 3.63) is 41.4 Å². The lowest BCUT2D eigenvalue weighted by molar-refractivity contribution is 0.204. The Kier molecular flexibility index (Phi) is 3.76. The van der Waals surface area contributed by atoms with E-state index in [0.29, 0.717) is 5.02 Å². The molecular formula is C15H16ClN3O. The highest BCUT2D eigenvalue weighted by Crippen LogP contribution is 2.29. The summed E-state index contributed by atoms with van der Waals surface area (Å²) in [5, 5.41) is 8.82. The maximum atomic E-state index is 12.3. The van der Waals surface area contributed by atoms with E-state index in [2.05, 4.69) is 10.6 Å². The van der Waals surface area contributed by atoms with Crippen molar-refractivity contribution in [2.75, 3.05) is 31.5 Å². The predicted molar refractivity (Wildman–Crippen MR) is 82.4 cm³/mol. The fourth-order valence-corrected chi connectivity index (χ4v) is 2.66. The van der Waals surface area contributed by atoms with Gasteiger partial charge >= 0.3 is 6.03 Å². The van der Waals surface area contributed by atoms with E-state index in [1.165, 1.54) is 0 Å². The standard InChI is InChI=1S/C15H16ClN3O/c16-13-5-6-14(12-4-2-1-3-11(12)13)18-15(20)19-9-7-17-8-10-19/h1-6,17H,7-10H2,(H,18,20). The van der Waals surface area contributed by atoms with Gasteiger partial charge in [-0.2, -0.15) is 0 Å². The summed E-state index contributed by atoms with van der Waals surface area (Å²) in [6, 6.07) is 11.4. The first-order valence-electron chi connectivity index (χ1n) is 6.69. The molecule has 2 N–H and O–H groups in total. The zero-order chi connectivity index (χ0) is 13.9. The Bertz CT molecular complexity index is 638. The third-order valence-electron chi connectivity index (χ3n) is 3.52. The average Bonchev–Trinajstić information content (AvgIpc) is 2.51. The van der Waals surface area contributed by atoms with E-state index in [4.69, 9.17) is 11.6 Å². The number of nitrogens with one attached hydrogen (secondary N) is 2. The summed E-state index contributed by atoms with van der Waals surface area (Å²) in [6.07, 6.45) is 0. The van der Waals surface area contributed by atoms with Crippen LogP contribution in [0.15, 0.2) is 36.4 Å². The molecule has 0 aliphatic carbocycles. The van der Waals surface area contributed by atoms with Crippen LogP contribution in [0.5, 0.6) is 0 Å². The van der Waals surface area contributed by atoms with Crippen LogP contribution in [0.4, 0.5) is 10.5 Å². The second kappa shape index (κ2) is 5.69. The normalized spacial score (nSPS) is 15.3. The molecule has 0 spiro atoms. The highest BCUT2D eigenvalue weighted by molar-refractivity contribution is 6.36. The van der Waals surface area contributed by atoms with E-state index in [9.17, 15) is 4.79 Å². The number of rotatable bonds is 1. The van der Waals surface area contributed by atoms with Crippen LogP contribution in [0.25, 0.3) is 10.8 Å². The summed E-state index contributed by atoms with van der Waals surface area (Å²) in [5.41, 5.74) is 0.800. The van der Waals surface area contributed by atoms with E-state index < -0.39 is 0 Å². The van der Waals surface area contributed by atoms with Crippen LogP contribution in [0.3, 0.4) is 0 Å². The van der Waals surface area contributed by atoms with Gasteiger partial charge in [-0.05, 0) is 12.1 Å².